The SMILES string of the molecule is COC1(C(=O)NCC2(C(=O)O)CCCCC2)CCC1. The Morgan fingerprint density at radius 2 is 1.74 bits per heavy atom. The molecular formula is C14H23NO4. The molecule has 0 atom stereocenters. The summed E-state index contributed by atoms with van der Waals surface area (Å²) in [5.41, 5.74) is -1.47. The average Bonchev–Trinajstić information content (AvgIpc) is 2.36. The fourth-order valence-corrected chi connectivity index (χ4v) is 3.13. The van der Waals surface area contributed by atoms with Crippen molar-refractivity contribution in [1.82, 2.24) is 5.32 Å². The number of carboxylic acids is 1. The van der Waals surface area contributed by atoms with Crippen LogP contribution in [0.4, 0.5) is 0 Å². The Morgan fingerprint density at radius 3 is 2.16 bits per heavy atom. The molecule has 2 N–H and O–H groups in total. The van der Waals surface area contributed by atoms with Gasteiger partial charge in [-0.1, -0.05) is 19.3 Å². The molecule has 2 fully saturated rings. The average molecular weight is 269 g/mol. The van der Waals surface area contributed by atoms with Gasteiger partial charge in [0.15, 0.2) is 0 Å². The number of nitrogens with one attached hydrogen (secondary N) is 1. The highest BCUT2D eigenvalue weighted by molar-refractivity contribution is 5.87. The van der Waals surface area contributed by atoms with Crippen molar-refractivity contribution in [2.24, 2.45) is 5.41 Å². The van der Waals surface area contributed by atoms with E-state index in [2.05, 4.69) is 5.32 Å². The highest BCUT2D eigenvalue weighted by Gasteiger charge is 2.46. The summed E-state index contributed by atoms with van der Waals surface area (Å²) in [5, 5.41) is 12.3. The number of methoxy groups -OCH3 is 1. The van der Waals surface area contributed by atoms with Crippen LogP contribution in [-0.4, -0.2) is 36.2 Å². The first kappa shape index (κ1) is 14.3. The Hall–Kier alpha value is -1.10. The van der Waals surface area contributed by atoms with Gasteiger partial charge in [-0.2, -0.15) is 0 Å². The predicted octanol–water partition coefficient (Wildman–Crippen LogP) is 1.71. The Kier molecular flexibility index (Phi) is 4.13. The Labute approximate surface area is 113 Å². The molecule has 0 bridgehead atoms. The summed E-state index contributed by atoms with van der Waals surface area (Å²) in [6.07, 6.45) is 6.71. The van der Waals surface area contributed by atoms with Crippen LogP contribution in [0.25, 0.3) is 0 Å². The lowest BCUT2D eigenvalue weighted by Gasteiger charge is -2.40. The van der Waals surface area contributed by atoms with Crippen LogP contribution in [0.2, 0.25) is 0 Å². The number of hydrogen-bond acceptors (Lipinski definition) is 3. The molecule has 0 aromatic heterocycles. The van der Waals surface area contributed by atoms with Crippen molar-refractivity contribution < 1.29 is 19.4 Å². The van der Waals surface area contributed by atoms with Crippen LogP contribution in [0.15, 0.2) is 0 Å². The quantitative estimate of drug-likeness (QED) is 0.796. The number of ether oxygens (including phenoxy) is 1. The Morgan fingerprint density at radius 1 is 1.11 bits per heavy atom. The Balaban J connectivity index is 1.95. The standard InChI is InChI=1S/C14H23NO4/c1-19-14(8-5-9-14)11(16)15-10-13(12(17)18)6-3-2-4-7-13/h2-10H2,1H3,(H,15,16)(H,17,18). The van der Waals surface area contributed by atoms with Crippen LogP contribution in [-0.2, 0) is 14.3 Å². The van der Waals surface area contributed by atoms with E-state index in [1.807, 2.05) is 0 Å². The topological polar surface area (TPSA) is 75.6 Å². The molecule has 108 valence electrons. The van der Waals surface area contributed by atoms with Gasteiger partial charge in [-0.15, -0.1) is 0 Å². The number of carboxylic acid groups (broad SMARTS) is 1. The molecule has 0 aliphatic heterocycles. The first-order valence-corrected chi connectivity index (χ1v) is 7.12. The maximum atomic E-state index is 12.2. The van der Waals surface area contributed by atoms with Crippen LogP contribution >= 0.6 is 0 Å². The predicted molar refractivity (Wildman–Crippen MR) is 69.8 cm³/mol. The van der Waals surface area contributed by atoms with Crippen molar-refractivity contribution in [3.05, 3.63) is 0 Å². The molecule has 0 unspecified atom stereocenters. The molecule has 19 heavy (non-hydrogen) atoms. The minimum Gasteiger partial charge on any atom is -0.481 e. The summed E-state index contributed by atoms with van der Waals surface area (Å²) in [4.78, 5) is 23.7. The third kappa shape index (κ3) is 2.61. The van der Waals surface area contributed by atoms with Crippen LogP contribution in [0.5, 0.6) is 0 Å². The minimum atomic E-state index is -0.785. The van der Waals surface area contributed by atoms with Crippen LogP contribution in [0.3, 0.4) is 0 Å². The van der Waals surface area contributed by atoms with Crippen LogP contribution in [0.1, 0.15) is 51.4 Å². The second-order valence-electron chi connectivity index (χ2n) is 5.88. The molecule has 2 aliphatic carbocycles. The summed E-state index contributed by atoms with van der Waals surface area (Å²) < 4.78 is 5.31. The number of amides is 1. The maximum Gasteiger partial charge on any atom is 0.311 e. The number of carbonyl (C=O) groups is 2. The zero-order valence-corrected chi connectivity index (χ0v) is 11.5. The first-order valence-electron chi connectivity index (χ1n) is 7.12. The van der Waals surface area contributed by atoms with Crippen molar-refractivity contribution in [3.8, 4) is 0 Å². The summed E-state index contributed by atoms with van der Waals surface area (Å²) >= 11 is 0. The fourth-order valence-electron chi connectivity index (χ4n) is 3.13. The molecule has 0 saturated heterocycles. The van der Waals surface area contributed by atoms with Gasteiger partial charge in [-0.05, 0) is 32.1 Å². The van der Waals surface area contributed by atoms with E-state index in [4.69, 9.17) is 4.74 Å². The maximum absolute atomic E-state index is 12.2. The molecule has 2 rings (SSSR count). The lowest BCUT2D eigenvalue weighted by molar-refractivity contribution is -0.157. The van der Waals surface area contributed by atoms with E-state index in [0.717, 1.165) is 38.5 Å². The Bertz CT molecular complexity index is 351. The van der Waals surface area contributed by atoms with E-state index in [9.17, 15) is 14.7 Å². The van der Waals surface area contributed by atoms with Crippen molar-refractivity contribution in [3.63, 3.8) is 0 Å². The van der Waals surface area contributed by atoms with Gasteiger partial charge in [0.25, 0.3) is 5.91 Å². The smallest absolute Gasteiger partial charge is 0.311 e. The van der Waals surface area contributed by atoms with E-state index in [0.29, 0.717) is 12.8 Å². The minimum absolute atomic E-state index is 0.146. The molecular weight excluding hydrogens is 246 g/mol. The highest BCUT2D eigenvalue weighted by atomic mass is 16.5. The first-order chi connectivity index (χ1) is 9.05. The van der Waals surface area contributed by atoms with Gasteiger partial charge in [0.05, 0.1) is 5.41 Å². The van der Waals surface area contributed by atoms with Crippen molar-refractivity contribution in [1.29, 1.82) is 0 Å². The van der Waals surface area contributed by atoms with Gasteiger partial charge in [0.1, 0.15) is 5.60 Å². The van der Waals surface area contributed by atoms with Gasteiger partial charge in [0, 0.05) is 13.7 Å². The summed E-state index contributed by atoms with van der Waals surface area (Å²) in [7, 11) is 1.55. The van der Waals surface area contributed by atoms with Crippen molar-refractivity contribution in [2.75, 3.05) is 13.7 Å². The molecule has 0 spiro atoms. The van der Waals surface area contributed by atoms with Crippen molar-refractivity contribution >= 4 is 11.9 Å². The summed E-state index contributed by atoms with van der Waals surface area (Å²) in [6.45, 7) is 0.228. The summed E-state index contributed by atoms with van der Waals surface area (Å²) in [5.74, 6) is -0.931. The van der Waals surface area contributed by atoms with Crippen LogP contribution in [0, 0.1) is 5.41 Å². The fraction of sp³-hybridized carbons (Fsp3) is 0.857. The third-order valence-electron chi connectivity index (χ3n) is 4.82. The molecule has 0 aromatic carbocycles. The van der Waals surface area contributed by atoms with Gasteiger partial charge >= 0.3 is 5.97 Å². The molecule has 5 nitrogen and oxygen atoms in total. The molecule has 5 heteroatoms. The number of carbonyl (C=O) groups excluding carboxylic acids is 1. The lowest BCUT2D eigenvalue weighted by atomic mass is 9.73. The van der Waals surface area contributed by atoms with E-state index < -0.39 is 17.0 Å². The summed E-state index contributed by atoms with van der Waals surface area (Å²) in [6, 6.07) is 0. The third-order valence-corrected chi connectivity index (χ3v) is 4.82. The molecule has 0 heterocycles. The van der Waals surface area contributed by atoms with E-state index in [1.165, 1.54) is 0 Å². The highest BCUT2D eigenvalue weighted by Crippen LogP contribution is 2.38. The normalized spacial score (nSPS) is 24.3. The van der Waals surface area contributed by atoms with Gasteiger partial charge in [0.2, 0.25) is 0 Å². The van der Waals surface area contributed by atoms with Crippen molar-refractivity contribution in [2.45, 2.75) is 57.0 Å². The van der Waals surface area contributed by atoms with Crippen LogP contribution < -0.4 is 5.32 Å². The monoisotopic (exact) mass is 269 g/mol. The number of aliphatic carboxylic acids is 1. The lowest BCUT2D eigenvalue weighted by Crippen LogP contribution is -2.56. The number of hydrogen-bond donors (Lipinski definition) is 2. The van der Waals surface area contributed by atoms with E-state index in [1.54, 1.807) is 7.11 Å². The van der Waals surface area contributed by atoms with Gasteiger partial charge in [-0.3, -0.25) is 9.59 Å². The largest absolute Gasteiger partial charge is 0.481 e. The van der Waals surface area contributed by atoms with Gasteiger partial charge < -0.3 is 15.2 Å². The van der Waals surface area contributed by atoms with E-state index >= 15 is 0 Å². The number of rotatable bonds is 5. The second-order valence-corrected chi connectivity index (χ2v) is 5.88. The molecule has 0 aromatic rings. The molecule has 1 amide bonds. The molecule has 2 aliphatic rings. The molecule has 2 saturated carbocycles. The van der Waals surface area contributed by atoms with Gasteiger partial charge in [-0.25, -0.2) is 0 Å². The zero-order chi connectivity index (χ0) is 13.9. The molecule has 0 radical (unpaired) electrons. The zero-order valence-electron chi connectivity index (χ0n) is 11.5. The van der Waals surface area contributed by atoms with E-state index in [-0.39, 0.29) is 12.5 Å². The second kappa shape index (κ2) is 5.49.